The fourth-order valence-electron chi connectivity index (χ4n) is 3.26. The number of piperidine rings is 1. The van der Waals surface area contributed by atoms with Gasteiger partial charge in [-0.2, -0.15) is 0 Å². The summed E-state index contributed by atoms with van der Waals surface area (Å²) in [7, 11) is 0. The van der Waals surface area contributed by atoms with E-state index in [2.05, 4.69) is 40.9 Å². The predicted molar refractivity (Wildman–Crippen MR) is 95.9 cm³/mol. The van der Waals surface area contributed by atoms with Crippen molar-refractivity contribution in [1.82, 2.24) is 9.88 Å². The Hall–Kier alpha value is -1.62. The number of likely N-dealkylation sites (tertiary alicyclic amines) is 1. The van der Waals surface area contributed by atoms with Gasteiger partial charge >= 0.3 is 0 Å². The van der Waals surface area contributed by atoms with Crippen LogP contribution in [0.4, 0.5) is 11.5 Å². The minimum Gasteiger partial charge on any atom is -0.357 e. The quantitative estimate of drug-likeness (QED) is 0.839. The molecule has 128 valence electrons. The van der Waals surface area contributed by atoms with Crippen LogP contribution in [0.25, 0.3) is 0 Å². The van der Waals surface area contributed by atoms with Crippen LogP contribution in [0.1, 0.15) is 46.5 Å². The van der Waals surface area contributed by atoms with Crippen molar-refractivity contribution in [2.45, 2.75) is 52.5 Å². The number of pyridine rings is 1. The van der Waals surface area contributed by atoms with Gasteiger partial charge in [-0.25, -0.2) is 4.98 Å². The number of rotatable bonds is 7. The zero-order chi connectivity index (χ0) is 16.7. The van der Waals surface area contributed by atoms with Gasteiger partial charge in [0.2, 0.25) is 5.91 Å². The molecule has 0 bridgehead atoms. The monoisotopic (exact) mass is 318 g/mol. The highest BCUT2D eigenvalue weighted by Gasteiger charge is 2.27. The van der Waals surface area contributed by atoms with E-state index in [1.807, 2.05) is 12.1 Å². The Morgan fingerprint density at radius 2 is 2.09 bits per heavy atom. The molecule has 5 nitrogen and oxygen atoms in total. The molecule has 0 saturated carbocycles. The first-order chi connectivity index (χ1) is 11.2. The third-order valence-electron chi connectivity index (χ3n) is 4.53. The molecule has 1 unspecified atom stereocenters. The van der Waals surface area contributed by atoms with E-state index in [1.54, 1.807) is 6.20 Å². The van der Waals surface area contributed by atoms with Gasteiger partial charge in [0.15, 0.2) is 0 Å². The second kappa shape index (κ2) is 8.87. The lowest BCUT2D eigenvalue weighted by Gasteiger charge is -2.34. The van der Waals surface area contributed by atoms with Crippen LogP contribution in [0, 0.1) is 0 Å². The molecule has 5 heteroatoms. The smallest absolute Gasteiger partial charge is 0.241 e. The van der Waals surface area contributed by atoms with Crippen molar-refractivity contribution in [2.75, 3.05) is 36.4 Å². The highest BCUT2D eigenvalue weighted by atomic mass is 16.2. The van der Waals surface area contributed by atoms with Crippen molar-refractivity contribution in [1.29, 1.82) is 0 Å². The summed E-state index contributed by atoms with van der Waals surface area (Å²) in [6, 6.07) is 3.94. The van der Waals surface area contributed by atoms with Gasteiger partial charge in [0.1, 0.15) is 5.82 Å². The molecule has 2 rings (SSSR count). The number of nitrogens with zero attached hydrogens (tertiary/aromatic N) is 3. The van der Waals surface area contributed by atoms with Crippen LogP contribution in [-0.2, 0) is 4.79 Å². The number of amides is 1. The molecule has 1 saturated heterocycles. The molecule has 0 radical (unpaired) electrons. The molecular weight excluding hydrogens is 288 g/mol. The van der Waals surface area contributed by atoms with Crippen LogP contribution in [0.3, 0.4) is 0 Å². The molecule has 1 aliphatic rings. The van der Waals surface area contributed by atoms with Gasteiger partial charge in [-0.3, -0.25) is 9.69 Å². The van der Waals surface area contributed by atoms with Crippen LogP contribution in [0.2, 0.25) is 0 Å². The first-order valence-corrected chi connectivity index (χ1v) is 8.95. The maximum absolute atomic E-state index is 12.6. The van der Waals surface area contributed by atoms with Crippen molar-refractivity contribution in [3.63, 3.8) is 0 Å². The lowest BCUT2D eigenvalue weighted by molar-refractivity contribution is -0.122. The van der Waals surface area contributed by atoms with E-state index >= 15 is 0 Å². The number of carbonyl (C=O) groups is 1. The zero-order valence-electron chi connectivity index (χ0n) is 14.7. The predicted octanol–water partition coefficient (Wildman–Crippen LogP) is 3.13. The van der Waals surface area contributed by atoms with E-state index < -0.39 is 0 Å². The van der Waals surface area contributed by atoms with Gasteiger partial charge in [-0.1, -0.05) is 13.3 Å². The molecule has 0 aliphatic carbocycles. The molecular formula is C18H30N4O. The Labute approximate surface area is 140 Å². The number of aromatic nitrogens is 1. The number of carbonyl (C=O) groups excluding carboxylic acids is 1. The van der Waals surface area contributed by atoms with Gasteiger partial charge in [-0.15, -0.1) is 0 Å². The van der Waals surface area contributed by atoms with E-state index in [-0.39, 0.29) is 11.9 Å². The SMILES string of the molecule is CCCN1CCCCC1C(=O)Nc1ccc(N(CC)CC)nc1. The van der Waals surface area contributed by atoms with Gasteiger partial charge in [-0.05, 0) is 58.3 Å². The molecule has 0 spiro atoms. The van der Waals surface area contributed by atoms with E-state index in [0.717, 1.165) is 56.9 Å². The molecule has 23 heavy (non-hydrogen) atoms. The number of hydrogen-bond donors (Lipinski definition) is 1. The fourth-order valence-corrected chi connectivity index (χ4v) is 3.26. The lowest BCUT2D eigenvalue weighted by atomic mass is 10.0. The summed E-state index contributed by atoms with van der Waals surface area (Å²) in [4.78, 5) is 21.6. The molecule has 1 N–H and O–H groups in total. The number of hydrogen-bond acceptors (Lipinski definition) is 4. The Bertz CT molecular complexity index is 482. The Morgan fingerprint density at radius 3 is 2.70 bits per heavy atom. The third-order valence-corrected chi connectivity index (χ3v) is 4.53. The van der Waals surface area contributed by atoms with Crippen molar-refractivity contribution < 1.29 is 4.79 Å². The maximum Gasteiger partial charge on any atom is 0.241 e. The van der Waals surface area contributed by atoms with Crippen molar-refractivity contribution in [3.8, 4) is 0 Å². The second-order valence-corrected chi connectivity index (χ2v) is 6.11. The summed E-state index contributed by atoms with van der Waals surface area (Å²) in [5.74, 6) is 1.06. The van der Waals surface area contributed by atoms with Gasteiger partial charge < -0.3 is 10.2 Å². The van der Waals surface area contributed by atoms with Crippen molar-refractivity contribution >= 4 is 17.4 Å². The highest BCUT2D eigenvalue weighted by Crippen LogP contribution is 2.20. The second-order valence-electron chi connectivity index (χ2n) is 6.11. The first-order valence-electron chi connectivity index (χ1n) is 8.95. The molecule has 1 atom stereocenters. The number of nitrogens with one attached hydrogen (secondary N) is 1. The third kappa shape index (κ3) is 4.67. The largest absolute Gasteiger partial charge is 0.357 e. The van der Waals surface area contributed by atoms with E-state index in [4.69, 9.17) is 0 Å². The molecule has 1 aromatic heterocycles. The number of anilines is 2. The summed E-state index contributed by atoms with van der Waals surface area (Å²) in [5.41, 5.74) is 0.785. The zero-order valence-corrected chi connectivity index (χ0v) is 14.7. The van der Waals surface area contributed by atoms with E-state index in [1.165, 1.54) is 6.42 Å². The average Bonchev–Trinajstić information content (AvgIpc) is 2.58. The Balaban J connectivity index is 1.98. The van der Waals surface area contributed by atoms with Crippen LogP contribution in [-0.4, -0.2) is 48.0 Å². The minimum atomic E-state index is 0.00570. The van der Waals surface area contributed by atoms with Gasteiger partial charge in [0.25, 0.3) is 0 Å². The molecule has 1 aliphatic heterocycles. The maximum atomic E-state index is 12.6. The molecule has 2 heterocycles. The van der Waals surface area contributed by atoms with Crippen molar-refractivity contribution in [3.05, 3.63) is 18.3 Å². The van der Waals surface area contributed by atoms with Gasteiger partial charge in [0, 0.05) is 13.1 Å². The minimum absolute atomic E-state index is 0.00570. The topological polar surface area (TPSA) is 48.5 Å². The highest BCUT2D eigenvalue weighted by molar-refractivity contribution is 5.94. The van der Waals surface area contributed by atoms with Crippen molar-refractivity contribution in [2.24, 2.45) is 0 Å². The summed E-state index contributed by atoms with van der Waals surface area (Å²) in [5, 5.41) is 3.04. The van der Waals surface area contributed by atoms with Gasteiger partial charge in [0.05, 0.1) is 17.9 Å². The molecule has 0 aromatic carbocycles. The Kier molecular flexibility index (Phi) is 6.84. The lowest BCUT2D eigenvalue weighted by Crippen LogP contribution is -2.47. The Morgan fingerprint density at radius 1 is 1.30 bits per heavy atom. The molecule has 1 aromatic rings. The van der Waals surface area contributed by atoms with E-state index in [0.29, 0.717) is 0 Å². The summed E-state index contributed by atoms with van der Waals surface area (Å²) < 4.78 is 0. The molecule has 1 fully saturated rings. The van der Waals surface area contributed by atoms with Crippen LogP contribution in [0.15, 0.2) is 18.3 Å². The van der Waals surface area contributed by atoms with Crippen LogP contribution < -0.4 is 10.2 Å². The molecule has 1 amide bonds. The summed E-state index contributed by atoms with van der Waals surface area (Å²) >= 11 is 0. The normalized spacial score (nSPS) is 18.7. The summed E-state index contributed by atoms with van der Waals surface area (Å²) in [6.45, 7) is 10.3. The fraction of sp³-hybridized carbons (Fsp3) is 0.667. The summed E-state index contributed by atoms with van der Waals surface area (Å²) in [6.07, 6.45) is 6.14. The standard InChI is InChI=1S/C18H30N4O/c1-4-12-22-13-8-7-9-16(22)18(23)20-15-10-11-17(19-14-15)21(5-2)6-3/h10-11,14,16H,4-9,12-13H2,1-3H3,(H,20,23). The van der Waals surface area contributed by atoms with Crippen LogP contribution >= 0.6 is 0 Å². The first kappa shape index (κ1) is 17.7. The van der Waals surface area contributed by atoms with Crippen LogP contribution in [0.5, 0.6) is 0 Å². The average molecular weight is 318 g/mol. The van der Waals surface area contributed by atoms with E-state index in [9.17, 15) is 4.79 Å².